The molecular formula is C11H12N2O4. The molecule has 0 saturated carbocycles. The Kier molecular flexibility index (Phi) is 2.81. The van der Waals surface area contributed by atoms with Crippen LogP contribution in [0.1, 0.15) is 15.9 Å². The molecular weight excluding hydrogens is 224 g/mol. The second-order valence-corrected chi connectivity index (χ2v) is 4.12. The summed E-state index contributed by atoms with van der Waals surface area (Å²) in [5.41, 5.74) is 0.924. The Morgan fingerprint density at radius 3 is 2.71 bits per heavy atom. The molecule has 0 unspecified atom stereocenters. The maximum Gasteiger partial charge on any atom is 0.270 e. The van der Waals surface area contributed by atoms with Gasteiger partial charge in [-0.25, -0.2) is 0 Å². The van der Waals surface area contributed by atoms with Crippen LogP contribution < -0.4 is 0 Å². The van der Waals surface area contributed by atoms with Crippen LogP contribution in [0.5, 0.6) is 0 Å². The second kappa shape index (κ2) is 4.14. The largest absolute Gasteiger partial charge is 0.389 e. The smallest absolute Gasteiger partial charge is 0.270 e. The van der Waals surface area contributed by atoms with Crippen LogP contribution in [0.15, 0.2) is 18.2 Å². The summed E-state index contributed by atoms with van der Waals surface area (Å²) in [5, 5.41) is 19.8. The van der Waals surface area contributed by atoms with Gasteiger partial charge in [0.25, 0.3) is 11.6 Å². The van der Waals surface area contributed by atoms with Crippen molar-refractivity contribution in [2.45, 2.75) is 13.0 Å². The summed E-state index contributed by atoms with van der Waals surface area (Å²) in [6, 6.07) is 4.21. The Morgan fingerprint density at radius 1 is 1.53 bits per heavy atom. The molecule has 6 heteroatoms. The Hall–Kier alpha value is -1.95. The summed E-state index contributed by atoms with van der Waals surface area (Å²) < 4.78 is 0. The molecule has 1 aliphatic rings. The fourth-order valence-corrected chi connectivity index (χ4v) is 1.75. The van der Waals surface area contributed by atoms with Gasteiger partial charge in [-0.05, 0) is 12.5 Å². The van der Waals surface area contributed by atoms with E-state index in [-0.39, 0.29) is 11.6 Å². The summed E-state index contributed by atoms with van der Waals surface area (Å²) in [7, 11) is 0. The lowest BCUT2D eigenvalue weighted by atomic mass is 10.0. The predicted molar refractivity (Wildman–Crippen MR) is 59.7 cm³/mol. The minimum atomic E-state index is -0.527. The molecule has 1 fully saturated rings. The highest BCUT2D eigenvalue weighted by molar-refractivity contribution is 5.96. The number of carbonyl (C=O) groups is 1. The summed E-state index contributed by atoms with van der Waals surface area (Å²) in [4.78, 5) is 23.5. The van der Waals surface area contributed by atoms with E-state index in [1.807, 2.05) is 0 Å². The summed E-state index contributed by atoms with van der Waals surface area (Å²) >= 11 is 0. The summed E-state index contributed by atoms with van der Waals surface area (Å²) in [6.07, 6.45) is -0.474. The van der Waals surface area contributed by atoms with Crippen molar-refractivity contribution in [3.63, 3.8) is 0 Å². The van der Waals surface area contributed by atoms with Crippen LogP contribution in [-0.2, 0) is 0 Å². The molecule has 1 aromatic carbocycles. The minimum absolute atomic E-state index is 0.0972. The van der Waals surface area contributed by atoms with Gasteiger partial charge < -0.3 is 10.0 Å². The van der Waals surface area contributed by atoms with Crippen molar-refractivity contribution < 1.29 is 14.8 Å². The number of non-ortho nitro benzene ring substituents is 1. The van der Waals surface area contributed by atoms with Crippen molar-refractivity contribution in [2.75, 3.05) is 13.1 Å². The van der Waals surface area contributed by atoms with E-state index in [1.54, 1.807) is 13.0 Å². The fourth-order valence-electron chi connectivity index (χ4n) is 1.75. The molecule has 2 rings (SSSR count). The van der Waals surface area contributed by atoms with Crippen LogP contribution >= 0.6 is 0 Å². The van der Waals surface area contributed by atoms with E-state index in [9.17, 15) is 14.9 Å². The van der Waals surface area contributed by atoms with E-state index in [0.717, 1.165) is 0 Å². The van der Waals surface area contributed by atoms with E-state index in [2.05, 4.69) is 0 Å². The third-order valence-electron chi connectivity index (χ3n) is 2.81. The molecule has 1 N–H and O–H groups in total. The number of likely N-dealkylation sites (tertiary alicyclic amines) is 1. The molecule has 1 aromatic rings. The number of aryl methyl sites for hydroxylation is 1. The van der Waals surface area contributed by atoms with Gasteiger partial charge in [0, 0.05) is 30.8 Å². The molecule has 0 radical (unpaired) electrons. The lowest BCUT2D eigenvalue weighted by Gasteiger charge is -2.36. The number of β-amino-alcohol motifs (C(OH)–C–C–N with tert-alkyl or cyclic N) is 1. The first-order valence-corrected chi connectivity index (χ1v) is 5.21. The maximum absolute atomic E-state index is 12.0. The molecule has 17 heavy (non-hydrogen) atoms. The van der Waals surface area contributed by atoms with Crippen molar-refractivity contribution in [1.82, 2.24) is 4.90 Å². The fraction of sp³-hybridized carbons (Fsp3) is 0.364. The average molecular weight is 236 g/mol. The van der Waals surface area contributed by atoms with Crippen molar-refractivity contribution in [1.29, 1.82) is 0 Å². The molecule has 1 heterocycles. The van der Waals surface area contributed by atoms with Gasteiger partial charge in [-0.1, -0.05) is 6.07 Å². The first kappa shape index (κ1) is 11.5. The standard InChI is InChI=1S/C11H12N2O4/c1-7-2-3-8(13(16)17)4-10(7)11(15)12-5-9(14)6-12/h2-4,9,14H,5-6H2,1H3. The Balaban J connectivity index is 2.27. The number of carbonyl (C=O) groups excluding carboxylic acids is 1. The number of nitro groups is 1. The number of aliphatic hydroxyl groups excluding tert-OH is 1. The number of rotatable bonds is 2. The monoisotopic (exact) mass is 236 g/mol. The topological polar surface area (TPSA) is 83.7 Å². The molecule has 0 spiro atoms. The number of nitro benzene ring substituents is 1. The zero-order valence-electron chi connectivity index (χ0n) is 9.29. The van der Waals surface area contributed by atoms with Crippen molar-refractivity contribution >= 4 is 11.6 Å². The van der Waals surface area contributed by atoms with Crippen LogP contribution in [0, 0.1) is 17.0 Å². The van der Waals surface area contributed by atoms with E-state index in [1.165, 1.54) is 17.0 Å². The van der Waals surface area contributed by atoms with Gasteiger partial charge in [0.2, 0.25) is 0 Å². The van der Waals surface area contributed by atoms with Crippen LogP contribution in [0.25, 0.3) is 0 Å². The number of nitrogens with zero attached hydrogens (tertiary/aromatic N) is 2. The molecule has 1 aliphatic heterocycles. The van der Waals surface area contributed by atoms with Gasteiger partial charge in [0.05, 0.1) is 11.0 Å². The number of aliphatic hydroxyl groups is 1. The Labute approximate surface area is 97.6 Å². The van der Waals surface area contributed by atoms with Gasteiger partial charge in [-0.2, -0.15) is 0 Å². The molecule has 90 valence electrons. The van der Waals surface area contributed by atoms with Gasteiger partial charge in [-0.15, -0.1) is 0 Å². The zero-order valence-corrected chi connectivity index (χ0v) is 9.29. The first-order valence-electron chi connectivity index (χ1n) is 5.21. The predicted octanol–water partition coefficient (Wildman–Crippen LogP) is 0.720. The van der Waals surface area contributed by atoms with Gasteiger partial charge >= 0.3 is 0 Å². The third-order valence-corrected chi connectivity index (χ3v) is 2.81. The zero-order chi connectivity index (χ0) is 12.6. The molecule has 0 aliphatic carbocycles. The lowest BCUT2D eigenvalue weighted by Crippen LogP contribution is -2.53. The molecule has 0 atom stereocenters. The molecule has 0 bridgehead atoms. The maximum atomic E-state index is 12.0. The third kappa shape index (κ3) is 2.12. The molecule has 1 saturated heterocycles. The van der Waals surface area contributed by atoms with Crippen molar-refractivity contribution in [3.05, 3.63) is 39.4 Å². The number of hydrogen-bond donors (Lipinski definition) is 1. The molecule has 1 amide bonds. The van der Waals surface area contributed by atoms with E-state index in [0.29, 0.717) is 24.2 Å². The van der Waals surface area contributed by atoms with E-state index >= 15 is 0 Å². The van der Waals surface area contributed by atoms with Gasteiger partial charge in [0.15, 0.2) is 0 Å². The minimum Gasteiger partial charge on any atom is -0.389 e. The highest BCUT2D eigenvalue weighted by Gasteiger charge is 2.30. The Morgan fingerprint density at radius 2 is 2.18 bits per heavy atom. The number of hydrogen-bond acceptors (Lipinski definition) is 4. The van der Waals surface area contributed by atoms with Crippen LogP contribution in [0.2, 0.25) is 0 Å². The van der Waals surface area contributed by atoms with E-state index in [4.69, 9.17) is 5.11 Å². The average Bonchev–Trinajstić information content (AvgIpc) is 2.24. The van der Waals surface area contributed by atoms with Crippen molar-refractivity contribution in [2.24, 2.45) is 0 Å². The molecule has 0 aromatic heterocycles. The van der Waals surface area contributed by atoms with Crippen molar-refractivity contribution in [3.8, 4) is 0 Å². The lowest BCUT2D eigenvalue weighted by molar-refractivity contribution is -0.384. The van der Waals surface area contributed by atoms with Gasteiger partial charge in [0.1, 0.15) is 0 Å². The van der Waals surface area contributed by atoms with Crippen LogP contribution in [0.4, 0.5) is 5.69 Å². The number of benzene rings is 1. The highest BCUT2D eigenvalue weighted by atomic mass is 16.6. The number of amides is 1. The van der Waals surface area contributed by atoms with E-state index < -0.39 is 11.0 Å². The summed E-state index contributed by atoms with van der Waals surface area (Å²) in [6.45, 7) is 2.31. The first-order chi connectivity index (χ1) is 7.99. The normalized spacial score (nSPS) is 15.5. The van der Waals surface area contributed by atoms with Gasteiger partial charge in [-0.3, -0.25) is 14.9 Å². The SMILES string of the molecule is Cc1ccc([N+](=O)[O-])cc1C(=O)N1CC(O)C1. The Bertz CT molecular complexity index is 480. The quantitative estimate of drug-likeness (QED) is 0.605. The van der Waals surface area contributed by atoms with Crippen LogP contribution in [0.3, 0.4) is 0 Å². The summed E-state index contributed by atoms with van der Waals surface area (Å²) in [5.74, 6) is -0.267. The van der Waals surface area contributed by atoms with Crippen LogP contribution in [-0.4, -0.2) is 40.0 Å². The second-order valence-electron chi connectivity index (χ2n) is 4.12. The highest BCUT2D eigenvalue weighted by Crippen LogP contribution is 2.21. The molecule has 6 nitrogen and oxygen atoms in total.